The SMILES string of the molecule is O=C(CCN1C(=O)C2C=CC=CC2=[N+](Cc2ccccc2Cl)C1=O)N1CCc2ccccc2C1. The molecule has 6 nitrogen and oxygen atoms in total. The number of allylic oxidation sites excluding steroid dienone is 3. The highest BCUT2D eigenvalue weighted by Crippen LogP contribution is 2.24. The molecular weight excluding hydrogens is 450 g/mol. The summed E-state index contributed by atoms with van der Waals surface area (Å²) < 4.78 is 1.59. The quantitative estimate of drug-likeness (QED) is 0.616. The van der Waals surface area contributed by atoms with Crippen LogP contribution in [0.15, 0.2) is 72.8 Å². The van der Waals surface area contributed by atoms with Gasteiger partial charge in [0.05, 0.1) is 6.42 Å². The maximum atomic E-state index is 13.4. The van der Waals surface area contributed by atoms with Gasteiger partial charge < -0.3 is 4.90 Å². The number of imide groups is 1. The van der Waals surface area contributed by atoms with Gasteiger partial charge in [-0.1, -0.05) is 72.3 Å². The first-order chi connectivity index (χ1) is 16.5. The number of carbonyl (C=O) groups excluding carboxylic acids is 3. The number of urea groups is 1. The van der Waals surface area contributed by atoms with Gasteiger partial charge in [-0.25, -0.2) is 4.79 Å². The second kappa shape index (κ2) is 9.39. The van der Waals surface area contributed by atoms with Crippen LogP contribution in [0.25, 0.3) is 0 Å². The number of halogens is 1. The van der Waals surface area contributed by atoms with Gasteiger partial charge in [0.15, 0.2) is 0 Å². The monoisotopic (exact) mass is 474 g/mol. The number of hydrogen-bond acceptors (Lipinski definition) is 3. The third kappa shape index (κ3) is 4.21. The van der Waals surface area contributed by atoms with Crippen molar-refractivity contribution in [2.75, 3.05) is 13.1 Å². The molecule has 34 heavy (non-hydrogen) atoms. The van der Waals surface area contributed by atoms with E-state index in [9.17, 15) is 14.4 Å². The summed E-state index contributed by atoms with van der Waals surface area (Å²) in [5.74, 6) is -0.906. The van der Waals surface area contributed by atoms with E-state index in [1.807, 2.05) is 53.5 Å². The Morgan fingerprint density at radius 3 is 2.62 bits per heavy atom. The summed E-state index contributed by atoms with van der Waals surface area (Å²) in [6.07, 6.45) is 8.13. The lowest BCUT2D eigenvalue weighted by Crippen LogP contribution is -2.54. The van der Waals surface area contributed by atoms with Crippen LogP contribution in [-0.4, -0.2) is 51.0 Å². The Bertz CT molecular complexity index is 1260. The number of amides is 4. The third-order valence-corrected chi connectivity index (χ3v) is 6.99. The van der Waals surface area contributed by atoms with Crippen LogP contribution in [0.3, 0.4) is 0 Å². The summed E-state index contributed by atoms with van der Waals surface area (Å²) >= 11 is 6.35. The summed E-state index contributed by atoms with van der Waals surface area (Å²) in [4.78, 5) is 42.7. The van der Waals surface area contributed by atoms with E-state index in [4.69, 9.17) is 11.6 Å². The van der Waals surface area contributed by atoms with Crippen LogP contribution >= 0.6 is 11.6 Å². The minimum Gasteiger partial charge on any atom is -0.338 e. The molecule has 0 bridgehead atoms. The van der Waals surface area contributed by atoms with Gasteiger partial charge in [-0.05, 0) is 29.7 Å². The van der Waals surface area contributed by atoms with Gasteiger partial charge in [-0.3, -0.25) is 4.79 Å². The highest BCUT2D eigenvalue weighted by Gasteiger charge is 2.46. The summed E-state index contributed by atoms with van der Waals surface area (Å²) in [6, 6.07) is 15.1. The number of carbonyl (C=O) groups is 3. The van der Waals surface area contributed by atoms with Crippen molar-refractivity contribution in [3.05, 3.63) is 94.5 Å². The van der Waals surface area contributed by atoms with E-state index in [1.165, 1.54) is 10.5 Å². The maximum absolute atomic E-state index is 13.4. The van der Waals surface area contributed by atoms with Crippen molar-refractivity contribution in [2.24, 2.45) is 5.92 Å². The fourth-order valence-electron chi connectivity index (χ4n) is 4.75. The average Bonchev–Trinajstić information content (AvgIpc) is 2.87. The lowest BCUT2D eigenvalue weighted by atomic mass is 9.94. The molecule has 0 saturated heterocycles. The second-order valence-corrected chi connectivity index (χ2v) is 9.09. The molecule has 0 saturated carbocycles. The zero-order valence-corrected chi connectivity index (χ0v) is 19.4. The molecule has 2 aromatic carbocycles. The molecule has 2 heterocycles. The van der Waals surface area contributed by atoms with Crippen LogP contribution in [-0.2, 0) is 29.1 Å². The third-order valence-electron chi connectivity index (χ3n) is 6.62. The zero-order valence-electron chi connectivity index (χ0n) is 18.7. The van der Waals surface area contributed by atoms with Gasteiger partial charge in [-0.2, -0.15) is 14.3 Å². The Labute approximate surface area is 203 Å². The predicted molar refractivity (Wildman–Crippen MR) is 129 cm³/mol. The summed E-state index contributed by atoms with van der Waals surface area (Å²) in [5.41, 5.74) is 3.84. The first kappa shape index (κ1) is 22.3. The Morgan fingerprint density at radius 1 is 1.03 bits per heavy atom. The Morgan fingerprint density at radius 2 is 1.79 bits per heavy atom. The number of hydrogen-bond donors (Lipinski definition) is 0. The average molecular weight is 475 g/mol. The second-order valence-electron chi connectivity index (χ2n) is 8.68. The molecule has 0 spiro atoms. The Hall–Kier alpha value is -3.51. The topological polar surface area (TPSA) is 60.7 Å². The van der Waals surface area contributed by atoms with E-state index in [2.05, 4.69) is 6.07 Å². The molecule has 2 aliphatic heterocycles. The molecule has 5 rings (SSSR count). The summed E-state index contributed by atoms with van der Waals surface area (Å²) in [6.45, 7) is 1.51. The highest BCUT2D eigenvalue weighted by molar-refractivity contribution is 6.31. The van der Waals surface area contributed by atoms with Crippen molar-refractivity contribution < 1.29 is 19.0 Å². The van der Waals surface area contributed by atoms with Gasteiger partial charge >= 0.3 is 11.9 Å². The van der Waals surface area contributed by atoms with Gasteiger partial charge in [-0.15, -0.1) is 0 Å². The standard InChI is InChI=1S/C27H25ClN3O3/c28-23-11-5-3-9-21(23)18-31-24-12-6-4-10-22(24)26(33)30(27(31)34)16-14-25(32)29-15-13-19-7-1-2-8-20(19)17-29/h1-12,22H,13-18H2/q+1. The molecule has 1 aliphatic carbocycles. The minimum atomic E-state index is -0.554. The van der Waals surface area contributed by atoms with E-state index in [1.54, 1.807) is 22.8 Å². The van der Waals surface area contributed by atoms with Crippen molar-refractivity contribution >= 4 is 35.2 Å². The molecule has 0 fully saturated rings. The normalized spacial score (nSPS) is 19.4. The van der Waals surface area contributed by atoms with Crippen LogP contribution in [0.1, 0.15) is 23.1 Å². The number of rotatable bonds is 5. The predicted octanol–water partition coefficient (Wildman–Crippen LogP) is 3.97. The number of benzene rings is 2. The summed E-state index contributed by atoms with van der Waals surface area (Å²) in [5, 5.41) is 0.562. The zero-order chi connectivity index (χ0) is 23.7. The highest BCUT2D eigenvalue weighted by atomic mass is 35.5. The van der Waals surface area contributed by atoms with Crippen LogP contribution in [0.2, 0.25) is 5.02 Å². The molecule has 3 aliphatic rings. The Balaban J connectivity index is 1.34. The summed E-state index contributed by atoms with van der Waals surface area (Å²) in [7, 11) is 0. The smallest absolute Gasteiger partial charge is 0.338 e. The van der Waals surface area contributed by atoms with Crippen LogP contribution in [0.5, 0.6) is 0 Å². The fraction of sp³-hybridized carbons (Fsp3) is 0.259. The molecule has 0 aromatic heterocycles. The molecule has 1 atom stereocenters. The van der Waals surface area contributed by atoms with Crippen molar-refractivity contribution in [3.63, 3.8) is 0 Å². The van der Waals surface area contributed by atoms with E-state index < -0.39 is 11.9 Å². The molecule has 0 radical (unpaired) electrons. The molecule has 7 heteroatoms. The van der Waals surface area contributed by atoms with Gasteiger partial charge in [0.1, 0.15) is 24.7 Å². The maximum Gasteiger partial charge on any atom is 0.501 e. The van der Waals surface area contributed by atoms with Crippen molar-refractivity contribution in [1.82, 2.24) is 9.80 Å². The van der Waals surface area contributed by atoms with E-state index in [0.29, 0.717) is 23.8 Å². The van der Waals surface area contributed by atoms with Crippen LogP contribution in [0.4, 0.5) is 4.79 Å². The molecule has 4 amide bonds. The Kier molecular flexibility index (Phi) is 6.16. The molecule has 2 aromatic rings. The number of fused-ring (bicyclic) bond motifs is 2. The molecule has 1 unspecified atom stereocenters. The molecular formula is C27H25ClN3O3+. The van der Waals surface area contributed by atoms with E-state index in [0.717, 1.165) is 17.5 Å². The lowest BCUT2D eigenvalue weighted by molar-refractivity contribution is -0.456. The molecule has 172 valence electrons. The van der Waals surface area contributed by atoms with Crippen molar-refractivity contribution in [2.45, 2.75) is 25.9 Å². The van der Waals surface area contributed by atoms with Gasteiger partial charge in [0.2, 0.25) is 5.91 Å². The van der Waals surface area contributed by atoms with E-state index in [-0.39, 0.29) is 31.3 Å². The van der Waals surface area contributed by atoms with E-state index >= 15 is 0 Å². The van der Waals surface area contributed by atoms with Crippen molar-refractivity contribution in [1.29, 1.82) is 0 Å². The van der Waals surface area contributed by atoms with Gasteiger partial charge in [0.25, 0.3) is 0 Å². The number of nitrogens with zero attached hydrogens (tertiary/aromatic N) is 3. The van der Waals surface area contributed by atoms with Crippen molar-refractivity contribution in [3.8, 4) is 0 Å². The largest absolute Gasteiger partial charge is 0.501 e. The van der Waals surface area contributed by atoms with Crippen LogP contribution in [0, 0.1) is 5.92 Å². The van der Waals surface area contributed by atoms with Gasteiger partial charge in [0, 0.05) is 23.7 Å². The van der Waals surface area contributed by atoms with Crippen LogP contribution < -0.4 is 0 Å². The molecule has 0 N–H and O–H groups in total. The first-order valence-corrected chi connectivity index (χ1v) is 11.8. The minimum absolute atomic E-state index is 0.0506. The lowest BCUT2D eigenvalue weighted by Gasteiger charge is -2.30. The first-order valence-electron chi connectivity index (χ1n) is 11.5. The fourth-order valence-corrected chi connectivity index (χ4v) is 4.95.